The monoisotopic (exact) mass is 489 g/mol. The Balaban J connectivity index is 1.65. The van der Waals surface area contributed by atoms with Gasteiger partial charge in [0.15, 0.2) is 11.5 Å². The number of fused-ring (bicyclic) bond motifs is 1. The van der Waals surface area contributed by atoms with Crippen LogP contribution in [-0.2, 0) is 26.8 Å². The molecule has 2 aromatic rings. The molecular formula is C11H15FN5O10P3. The molecule has 0 saturated heterocycles. The summed E-state index contributed by atoms with van der Waals surface area (Å²) in [5.74, 6) is -0.588. The molecule has 166 valence electrons. The van der Waals surface area contributed by atoms with Gasteiger partial charge in [0.1, 0.15) is 11.8 Å². The maximum atomic E-state index is 13.4. The zero-order valence-electron chi connectivity index (χ0n) is 14.6. The van der Waals surface area contributed by atoms with Crippen molar-refractivity contribution in [2.24, 2.45) is 5.92 Å². The van der Waals surface area contributed by atoms with Crippen molar-refractivity contribution in [3.63, 3.8) is 0 Å². The third-order valence-corrected chi connectivity index (χ3v) is 7.87. The van der Waals surface area contributed by atoms with Crippen LogP contribution in [0.4, 0.5) is 10.2 Å². The molecule has 3 rings (SSSR count). The molecule has 0 amide bonds. The quantitative estimate of drug-likeness (QED) is 0.328. The molecule has 1 aliphatic rings. The lowest BCUT2D eigenvalue weighted by Gasteiger charge is -2.38. The number of nitrogens with zero attached hydrogens (tertiary/aromatic N) is 4. The van der Waals surface area contributed by atoms with Gasteiger partial charge in [-0.05, 0) is 12.0 Å². The summed E-state index contributed by atoms with van der Waals surface area (Å²) in [6.45, 7) is -0.611. The molecule has 6 N–H and O–H groups in total. The fourth-order valence-electron chi connectivity index (χ4n) is 2.84. The van der Waals surface area contributed by atoms with Gasteiger partial charge in [-0.25, -0.2) is 33.0 Å². The van der Waals surface area contributed by atoms with Crippen LogP contribution in [0.3, 0.4) is 0 Å². The average molecular weight is 489 g/mol. The summed E-state index contributed by atoms with van der Waals surface area (Å²) in [4.78, 5) is 47.5. The summed E-state index contributed by atoms with van der Waals surface area (Å²) in [5.41, 5.74) is 6.50. The first kappa shape index (κ1) is 23.1. The zero-order chi connectivity index (χ0) is 22.3. The van der Waals surface area contributed by atoms with Gasteiger partial charge in [0.25, 0.3) is 0 Å². The van der Waals surface area contributed by atoms with Gasteiger partial charge >= 0.3 is 23.5 Å². The number of hydrogen-bond acceptors (Lipinski definition) is 10. The summed E-state index contributed by atoms with van der Waals surface area (Å²) in [7, 11) is -16.4. The number of aromatic nitrogens is 4. The average Bonchev–Trinajstić information content (AvgIpc) is 2.96. The molecule has 30 heavy (non-hydrogen) atoms. The van der Waals surface area contributed by atoms with Crippen LogP contribution < -0.4 is 5.73 Å². The van der Waals surface area contributed by atoms with Crippen molar-refractivity contribution in [2.75, 3.05) is 12.3 Å². The van der Waals surface area contributed by atoms with Crippen molar-refractivity contribution < 1.29 is 50.8 Å². The lowest BCUT2D eigenvalue weighted by Crippen LogP contribution is -2.33. The van der Waals surface area contributed by atoms with E-state index >= 15 is 0 Å². The van der Waals surface area contributed by atoms with E-state index in [1.807, 2.05) is 0 Å². The van der Waals surface area contributed by atoms with E-state index in [2.05, 4.69) is 28.1 Å². The number of phosphoric ester groups is 1. The van der Waals surface area contributed by atoms with Gasteiger partial charge in [0.2, 0.25) is 0 Å². The van der Waals surface area contributed by atoms with E-state index in [9.17, 15) is 23.0 Å². The van der Waals surface area contributed by atoms with E-state index in [4.69, 9.17) is 20.4 Å². The minimum atomic E-state index is -5.62. The van der Waals surface area contributed by atoms with Gasteiger partial charge in [0, 0.05) is 5.92 Å². The number of imidazole rings is 1. The summed E-state index contributed by atoms with van der Waals surface area (Å²) < 4.78 is 60.4. The number of hydrogen-bond donors (Lipinski definition) is 5. The van der Waals surface area contributed by atoms with E-state index in [1.54, 1.807) is 0 Å². The summed E-state index contributed by atoms with van der Waals surface area (Å²) in [6.07, 6.45) is 3.07. The largest absolute Gasteiger partial charge is 0.490 e. The Morgan fingerprint density at radius 2 is 1.87 bits per heavy atom. The Bertz CT molecular complexity index is 1130. The number of nitrogen functional groups attached to an aromatic ring is 1. The number of phosphoric acid groups is 3. The molecule has 19 heteroatoms. The second-order valence-electron chi connectivity index (χ2n) is 6.03. The van der Waals surface area contributed by atoms with Gasteiger partial charge in [-0.15, -0.1) is 0 Å². The Hall–Kier alpha value is -1.57. The minimum Gasteiger partial charge on any atom is -0.382 e. The second-order valence-corrected chi connectivity index (χ2v) is 10.4. The molecule has 1 aliphatic carbocycles. The first-order valence-electron chi connectivity index (χ1n) is 7.83. The second kappa shape index (κ2) is 8.17. The van der Waals surface area contributed by atoms with Crippen molar-refractivity contribution >= 4 is 40.4 Å². The van der Waals surface area contributed by atoms with Crippen LogP contribution >= 0.6 is 23.5 Å². The van der Waals surface area contributed by atoms with Crippen LogP contribution in [0.1, 0.15) is 12.5 Å². The van der Waals surface area contributed by atoms with E-state index in [-0.39, 0.29) is 24.1 Å². The van der Waals surface area contributed by atoms with Crippen molar-refractivity contribution in [1.29, 1.82) is 0 Å². The normalized spacial score (nSPS) is 25.0. The number of nitrogens with two attached hydrogens (primary N) is 1. The van der Waals surface area contributed by atoms with Crippen molar-refractivity contribution in [3.8, 4) is 0 Å². The molecule has 1 saturated carbocycles. The van der Waals surface area contributed by atoms with Gasteiger partial charge in [-0.2, -0.15) is 8.62 Å². The lowest BCUT2D eigenvalue weighted by molar-refractivity contribution is 0.135. The number of rotatable bonds is 8. The predicted octanol–water partition coefficient (Wildman–Crippen LogP) is 1.17. The van der Waals surface area contributed by atoms with E-state index in [0.717, 1.165) is 0 Å². The standard InChI is InChI=1S/C11H15FN5O10P3/c12-2-7-6(3-25-29(21,22)27-30(23,24)26-28(18,19)20)1-8(7)17-5-16-9-10(13)14-4-15-11(9)17/h2,4-6,8H,1,3H2,(H,21,22)(H,23,24)(H2,13,14,15)(H2,18,19,20)/b7-2+/t6-,8-/m0/s1. The van der Waals surface area contributed by atoms with Crippen LogP contribution in [0.15, 0.2) is 24.6 Å². The van der Waals surface area contributed by atoms with Gasteiger partial charge in [-0.1, -0.05) is 0 Å². The Labute approximate surface area is 166 Å². The first-order chi connectivity index (χ1) is 13.8. The van der Waals surface area contributed by atoms with E-state index in [1.165, 1.54) is 17.2 Å². The maximum absolute atomic E-state index is 13.4. The molecule has 1 fully saturated rings. The minimum absolute atomic E-state index is 0.132. The molecule has 0 aliphatic heterocycles. The van der Waals surface area contributed by atoms with E-state index < -0.39 is 42.0 Å². The van der Waals surface area contributed by atoms with Crippen molar-refractivity contribution in [2.45, 2.75) is 12.5 Å². The molecule has 0 radical (unpaired) electrons. The third-order valence-electron chi connectivity index (χ3n) is 4.07. The Morgan fingerprint density at radius 1 is 1.17 bits per heavy atom. The molecule has 0 spiro atoms. The molecule has 2 unspecified atom stereocenters. The maximum Gasteiger partial charge on any atom is 0.490 e. The SMILES string of the molecule is Nc1ncnc2c1ncn2[C@H]1C[C@@H](COP(=O)(O)OP(=O)(O)OP(=O)(O)O)/C1=C\F. The summed E-state index contributed by atoms with van der Waals surface area (Å²) in [6, 6.07) is -0.552. The molecule has 15 nitrogen and oxygen atoms in total. The topological polar surface area (TPSA) is 229 Å². The molecule has 0 aromatic carbocycles. The van der Waals surface area contributed by atoms with Crippen LogP contribution in [0.2, 0.25) is 0 Å². The van der Waals surface area contributed by atoms with Crippen LogP contribution in [-0.4, -0.2) is 45.7 Å². The highest BCUT2D eigenvalue weighted by molar-refractivity contribution is 7.66. The van der Waals surface area contributed by atoms with Gasteiger partial charge in [0.05, 0.1) is 25.3 Å². The third kappa shape index (κ3) is 5.18. The zero-order valence-corrected chi connectivity index (χ0v) is 17.3. The molecule has 0 bridgehead atoms. The Kier molecular flexibility index (Phi) is 6.29. The first-order valence-corrected chi connectivity index (χ1v) is 12.4. The van der Waals surface area contributed by atoms with Gasteiger partial charge < -0.3 is 29.9 Å². The Morgan fingerprint density at radius 3 is 2.50 bits per heavy atom. The summed E-state index contributed by atoms with van der Waals surface area (Å²) >= 11 is 0. The highest BCUT2D eigenvalue weighted by Crippen LogP contribution is 2.66. The lowest BCUT2D eigenvalue weighted by atomic mass is 9.75. The highest BCUT2D eigenvalue weighted by Gasteiger charge is 2.43. The van der Waals surface area contributed by atoms with Crippen molar-refractivity contribution in [3.05, 3.63) is 24.6 Å². The summed E-state index contributed by atoms with van der Waals surface area (Å²) in [5, 5.41) is 0. The predicted molar refractivity (Wildman–Crippen MR) is 95.9 cm³/mol. The number of halogens is 1. The smallest absolute Gasteiger partial charge is 0.382 e. The highest BCUT2D eigenvalue weighted by atomic mass is 31.3. The molecule has 2 aromatic heterocycles. The van der Waals surface area contributed by atoms with Crippen LogP contribution in [0.5, 0.6) is 0 Å². The molecular weight excluding hydrogens is 474 g/mol. The van der Waals surface area contributed by atoms with Crippen LogP contribution in [0, 0.1) is 5.92 Å². The fourth-order valence-corrected chi connectivity index (χ4v) is 5.90. The van der Waals surface area contributed by atoms with Crippen molar-refractivity contribution in [1.82, 2.24) is 19.5 Å². The number of anilines is 1. The molecule has 2 heterocycles. The van der Waals surface area contributed by atoms with Crippen LogP contribution in [0.25, 0.3) is 11.2 Å². The fraction of sp³-hybridized carbons (Fsp3) is 0.364. The van der Waals surface area contributed by atoms with E-state index in [0.29, 0.717) is 11.2 Å². The molecule has 4 atom stereocenters. The van der Waals surface area contributed by atoms with Gasteiger partial charge in [-0.3, -0.25) is 4.52 Å².